The van der Waals surface area contributed by atoms with Crippen molar-refractivity contribution in [1.29, 1.82) is 0 Å². The topological polar surface area (TPSA) is 109 Å². The minimum absolute atomic E-state index is 0.0392. The lowest BCUT2D eigenvalue weighted by Gasteiger charge is -2.15. The van der Waals surface area contributed by atoms with Gasteiger partial charge in [0.25, 0.3) is 0 Å². The van der Waals surface area contributed by atoms with Crippen molar-refractivity contribution in [2.45, 2.75) is 19.8 Å². The van der Waals surface area contributed by atoms with Crippen LogP contribution in [0.15, 0.2) is 39.5 Å². The number of benzene rings is 2. The van der Waals surface area contributed by atoms with Crippen LogP contribution < -0.4 is 20.0 Å². The molecule has 0 radical (unpaired) electrons. The predicted molar refractivity (Wildman–Crippen MR) is 99.3 cm³/mol. The van der Waals surface area contributed by atoms with Crippen LogP contribution in [0.5, 0.6) is 17.2 Å². The molecule has 0 atom stereocenters. The summed E-state index contributed by atoms with van der Waals surface area (Å²) in [6, 6.07) is 7.46. The van der Waals surface area contributed by atoms with E-state index < -0.39 is 17.2 Å². The van der Waals surface area contributed by atoms with E-state index in [9.17, 15) is 19.8 Å². The van der Waals surface area contributed by atoms with E-state index in [0.29, 0.717) is 42.3 Å². The number of fused-ring (bicyclic) bond motifs is 2. The van der Waals surface area contributed by atoms with Crippen molar-refractivity contribution in [3.05, 3.63) is 51.9 Å². The van der Waals surface area contributed by atoms with Crippen LogP contribution in [-0.2, 0) is 6.42 Å². The SMILES string of the molecule is CCc1cc2c(=O)c(-c3ccc4c(c3)OCCCO4)c(C(=O)O)oc2cc1[O-]. The van der Waals surface area contributed by atoms with Gasteiger partial charge in [-0.3, -0.25) is 4.79 Å². The summed E-state index contributed by atoms with van der Waals surface area (Å²) in [7, 11) is 0. The van der Waals surface area contributed by atoms with E-state index in [1.165, 1.54) is 12.1 Å². The van der Waals surface area contributed by atoms with Gasteiger partial charge in [0.05, 0.1) is 24.2 Å². The molecular formula is C21H17O7-. The zero-order valence-electron chi connectivity index (χ0n) is 15.1. The molecule has 2 heterocycles. The molecule has 0 bridgehead atoms. The van der Waals surface area contributed by atoms with Crippen LogP contribution in [0.1, 0.15) is 29.5 Å². The van der Waals surface area contributed by atoms with Gasteiger partial charge in [-0.05, 0) is 36.2 Å². The minimum atomic E-state index is -1.40. The molecule has 7 heteroatoms. The van der Waals surface area contributed by atoms with E-state index in [0.717, 1.165) is 6.42 Å². The highest BCUT2D eigenvalue weighted by molar-refractivity contribution is 5.97. The number of aromatic carboxylic acids is 1. The molecule has 3 aromatic rings. The first-order valence-electron chi connectivity index (χ1n) is 8.93. The number of carboxylic acid groups (broad SMARTS) is 1. The molecule has 2 aromatic carbocycles. The van der Waals surface area contributed by atoms with E-state index >= 15 is 0 Å². The monoisotopic (exact) mass is 381 g/mol. The Bertz CT molecular complexity index is 1140. The molecule has 4 rings (SSSR count). The van der Waals surface area contributed by atoms with Gasteiger partial charge >= 0.3 is 5.97 Å². The number of hydrogen-bond donors (Lipinski definition) is 1. The lowest BCUT2D eigenvalue weighted by atomic mass is 10.00. The Morgan fingerprint density at radius 2 is 1.89 bits per heavy atom. The van der Waals surface area contributed by atoms with Crippen molar-refractivity contribution >= 4 is 16.9 Å². The van der Waals surface area contributed by atoms with Crippen LogP contribution in [0.2, 0.25) is 0 Å². The van der Waals surface area contributed by atoms with Crippen LogP contribution in [0, 0.1) is 0 Å². The van der Waals surface area contributed by atoms with Gasteiger partial charge in [0.1, 0.15) is 5.58 Å². The van der Waals surface area contributed by atoms with Crippen LogP contribution in [0.25, 0.3) is 22.1 Å². The summed E-state index contributed by atoms with van der Waals surface area (Å²) in [6.45, 7) is 2.78. The largest absolute Gasteiger partial charge is 0.872 e. The van der Waals surface area contributed by atoms with E-state index in [2.05, 4.69) is 0 Å². The van der Waals surface area contributed by atoms with Gasteiger partial charge in [0, 0.05) is 6.42 Å². The van der Waals surface area contributed by atoms with Crippen LogP contribution in [0.3, 0.4) is 0 Å². The highest BCUT2D eigenvalue weighted by Crippen LogP contribution is 2.35. The Labute approximate surface area is 159 Å². The van der Waals surface area contributed by atoms with Crippen molar-refractivity contribution in [2.24, 2.45) is 0 Å². The van der Waals surface area contributed by atoms with Crippen LogP contribution in [0.4, 0.5) is 0 Å². The highest BCUT2D eigenvalue weighted by Gasteiger charge is 2.23. The molecule has 0 fully saturated rings. The fourth-order valence-electron chi connectivity index (χ4n) is 3.27. The number of aryl methyl sites for hydroxylation is 1. The second kappa shape index (κ2) is 6.92. The summed E-state index contributed by atoms with van der Waals surface area (Å²) in [6.07, 6.45) is 1.17. The first-order valence-corrected chi connectivity index (χ1v) is 8.93. The summed E-state index contributed by atoms with van der Waals surface area (Å²) in [5.41, 5.74) is 0.177. The molecule has 0 saturated carbocycles. The fraction of sp³-hybridized carbons (Fsp3) is 0.238. The molecule has 0 amide bonds. The van der Waals surface area contributed by atoms with E-state index in [1.807, 2.05) is 0 Å². The molecule has 7 nitrogen and oxygen atoms in total. The Morgan fingerprint density at radius 3 is 2.61 bits per heavy atom. The zero-order valence-corrected chi connectivity index (χ0v) is 15.1. The maximum Gasteiger partial charge on any atom is 0.372 e. The Kier molecular flexibility index (Phi) is 4.43. The number of hydrogen-bond acceptors (Lipinski definition) is 6. The smallest absolute Gasteiger partial charge is 0.372 e. The maximum absolute atomic E-state index is 13.2. The maximum atomic E-state index is 13.2. The molecule has 0 spiro atoms. The van der Waals surface area contributed by atoms with Crippen molar-refractivity contribution in [1.82, 2.24) is 0 Å². The first-order chi connectivity index (χ1) is 13.5. The lowest BCUT2D eigenvalue weighted by Crippen LogP contribution is -2.13. The fourth-order valence-corrected chi connectivity index (χ4v) is 3.27. The van der Waals surface area contributed by atoms with Gasteiger partial charge in [-0.25, -0.2) is 4.79 Å². The quantitative estimate of drug-likeness (QED) is 0.743. The van der Waals surface area contributed by atoms with Crippen LogP contribution in [-0.4, -0.2) is 24.3 Å². The van der Waals surface area contributed by atoms with Gasteiger partial charge < -0.3 is 24.1 Å². The molecule has 0 aliphatic carbocycles. The molecule has 1 aliphatic heterocycles. The normalized spacial score (nSPS) is 13.3. The van der Waals surface area contributed by atoms with Gasteiger partial charge in [-0.15, -0.1) is 5.75 Å². The molecule has 1 aromatic heterocycles. The highest BCUT2D eigenvalue weighted by atomic mass is 16.5. The summed E-state index contributed by atoms with van der Waals surface area (Å²) < 4.78 is 16.7. The van der Waals surface area contributed by atoms with Gasteiger partial charge in [-0.1, -0.05) is 18.6 Å². The van der Waals surface area contributed by atoms with Gasteiger partial charge in [0.2, 0.25) is 11.2 Å². The number of carboxylic acids is 1. The summed E-state index contributed by atoms with van der Waals surface area (Å²) in [4.78, 5) is 24.9. The van der Waals surface area contributed by atoms with Crippen LogP contribution >= 0.6 is 0 Å². The number of rotatable bonds is 3. The summed E-state index contributed by atoms with van der Waals surface area (Å²) >= 11 is 0. The van der Waals surface area contributed by atoms with E-state index in [4.69, 9.17) is 13.9 Å². The van der Waals surface area contributed by atoms with Crippen molar-refractivity contribution in [3.8, 4) is 28.4 Å². The third kappa shape index (κ3) is 2.94. The molecule has 28 heavy (non-hydrogen) atoms. The molecule has 144 valence electrons. The number of ether oxygens (including phenoxy) is 2. The average molecular weight is 381 g/mol. The van der Waals surface area contributed by atoms with Crippen molar-refractivity contribution < 1.29 is 28.9 Å². The third-order valence-corrected chi connectivity index (χ3v) is 4.68. The molecule has 1 aliphatic rings. The van der Waals surface area contributed by atoms with Gasteiger partial charge in [0.15, 0.2) is 11.5 Å². The molecule has 0 saturated heterocycles. The van der Waals surface area contributed by atoms with Gasteiger partial charge in [-0.2, -0.15) is 0 Å². The molecule has 1 N–H and O–H groups in total. The number of carbonyl (C=O) groups is 1. The van der Waals surface area contributed by atoms with Crippen molar-refractivity contribution in [2.75, 3.05) is 13.2 Å². The Hall–Kier alpha value is -3.48. The van der Waals surface area contributed by atoms with E-state index in [1.54, 1.807) is 25.1 Å². The van der Waals surface area contributed by atoms with E-state index in [-0.39, 0.29) is 22.3 Å². The lowest BCUT2D eigenvalue weighted by molar-refractivity contribution is -0.269. The summed E-state index contributed by atoms with van der Waals surface area (Å²) in [5.74, 6) is -1.23. The minimum Gasteiger partial charge on any atom is -0.872 e. The average Bonchev–Trinajstić information content (AvgIpc) is 2.92. The molecule has 0 unspecified atom stereocenters. The second-order valence-electron chi connectivity index (χ2n) is 6.46. The Balaban J connectivity index is 2.00. The predicted octanol–water partition coefficient (Wildman–Crippen LogP) is 2.96. The zero-order chi connectivity index (χ0) is 19.8. The second-order valence-corrected chi connectivity index (χ2v) is 6.46. The Morgan fingerprint density at radius 1 is 1.14 bits per heavy atom. The first kappa shape index (κ1) is 17.9. The standard InChI is InChI=1S/C21H18O7/c1-2-11-8-13-16(10-14(11)22)28-20(21(24)25)18(19(13)23)12-4-5-15-17(9-12)27-7-3-6-26-15/h4-5,8-10,22H,2-3,6-7H2,1H3,(H,24,25)/p-1. The van der Waals surface area contributed by atoms with Crippen molar-refractivity contribution in [3.63, 3.8) is 0 Å². The third-order valence-electron chi connectivity index (χ3n) is 4.68. The molecular weight excluding hydrogens is 364 g/mol. The summed E-state index contributed by atoms with van der Waals surface area (Å²) in [5, 5.41) is 21.8.